The van der Waals surface area contributed by atoms with Crippen LogP contribution in [0.5, 0.6) is 0 Å². The molecule has 1 aliphatic rings. The standard InChI is InChI=1S/C21H24N2O2/c1-14-9-10-19(11-15(14)2)22-21(25)18-12-20(24)23(13-18)16(3)17-7-5-4-6-8-17/h4-11,16,18H,12-13H2,1-3H3,(H,22,25)/t16-,18+/m0/s1. The lowest BCUT2D eigenvalue weighted by atomic mass is 10.1. The normalized spacial score (nSPS) is 18.3. The molecule has 1 fully saturated rings. The molecule has 1 heterocycles. The number of nitrogens with one attached hydrogen (secondary N) is 1. The molecule has 0 aromatic heterocycles. The Balaban J connectivity index is 1.67. The van der Waals surface area contributed by atoms with Crippen LogP contribution in [0.25, 0.3) is 0 Å². The molecule has 130 valence electrons. The summed E-state index contributed by atoms with van der Waals surface area (Å²) in [5.74, 6) is -0.351. The molecule has 2 aromatic carbocycles. The first-order chi connectivity index (χ1) is 12.0. The van der Waals surface area contributed by atoms with Crippen LogP contribution < -0.4 is 5.32 Å². The summed E-state index contributed by atoms with van der Waals surface area (Å²) in [7, 11) is 0. The van der Waals surface area contributed by atoms with E-state index >= 15 is 0 Å². The van der Waals surface area contributed by atoms with E-state index in [2.05, 4.69) is 5.32 Å². The number of anilines is 1. The first-order valence-electron chi connectivity index (χ1n) is 8.68. The van der Waals surface area contributed by atoms with Gasteiger partial charge in [0.1, 0.15) is 0 Å². The van der Waals surface area contributed by atoms with E-state index in [1.165, 1.54) is 5.56 Å². The monoisotopic (exact) mass is 336 g/mol. The summed E-state index contributed by atoms with van der Waals surface area (Å²) in [6.07, 6.45) is 0.272. The van der Waals surface area contributed by atoms with Gasteiger partial charge in [0.15, 0.2) is 0 Å². The number of amides is 2. The third-order valence-electron chi connectivity index (χ3n) is 5.05. The average Bonchev–Trinajstić information content (AvgIpc) is 3.00. The van der Waals surface area contributed by atoms with Gasteiger partial charge >= 0.3 is 0 Å². The Kier molecular flexibility index (Phi) is 4.88. The maximum absolute atomic E-state index is 12.6. The van der Waals surface area contributed by atoms with Gasteiger partial charge in [0.2, 0.25) is 11.8 Å². The van der Waals surface area contributed by atoms with Crippen molar-refractivity contribution in [3.05, 3.63) is 65.2 Å². The lowest BCUT2D eigenvalue weighted by Crippen LogP contribution is -2.30. The molecule has 4 nitrogen and oxygen atoms in total. The number of carbonyl (C=O) groups excluding carboxylic acids is 2. The van der Waals surface area contributed by atoms with Crippen molar-refractivity contribution >= 4 is 17.5 Å². The molecular formula is C21H24N2O2. The number of carbonyl (C=O) groups is 2. The minimum Gasteiger partial charge on any atom is -0.335 e. The third-order valence-corrected chi connectivity index (χ3v) is 5.05. The molecule has 0 bridgehead atoms. The maximum atomic E-state index is 12.6. The van der Waals surface area contributed by atoms with Crippen LogP contribution in [0.1, 0.15) is 36.1 Å². The summed E-state index contributed by atoms with van der Waals surface area (Å²) in [5, 5.41) is 2.95. The molecule has 2 aromatic rings. The summed E-state index contributed by atoms with van der Waals surface area (Å²) in [5.41, 5.74) is 4.21. The zero-order chi connectivity index (χ0) is 18.0. The van der Waals surface area contributed by atoms with Crippen LogP contribution in [0.15, 0.2) is 48.5 Å². The van der Waals surface area contributed by atoms with E-state index in [9.17, 15) is 9.59 Å². The molecule has 2 amide bonds. The van der Waals surface area contributed by atoms with Crippen molar-refractivity contribution < 1.29 is 9.59 Å². The summed E-state index contributed by atoms with van der Waals surface area (Å²) >= 11 is 0. The third kappa shape index (κ3) is 3.73. The van der Waals surface area contributed by atoms with Crippen molar-refractivity contribution in [3.63, 3.8) is 0 Å². The van der Waals surface area contributed by atoms with Gasteiger partial charge in [-0.3, -0.25) is 9.59 Å². The summed E-state index contributed by atoms with van der Waals surface area (Å²) in [4.78, 5) is 26.8. The lowest BCUT2D eigenvalue weighted by Gasteiger charge is -2.25. The molecule has 3 rings (SSSR count). The van der Waals surface area contributed by atoms with Crippen LogP contribution >= 0.6 is 0 Å². The summed E-state index contributed by atoms with van der Waals surface area (Å²) in [6, 6.07) is 15.8. The SMILES string of the molecule is Cc1ccc(NC(=O)[C@@H]2CC(=O)N([C@@H](C)c3ccccc3)C2)cc1C. The van der Waals surface area contributed by atoms with Gasteiger partial charge in [0.25, 0.3) is 0 Å². The fraction of sp³-hybridized carbons (Fsp3) is 0.333. The van der Waals surface area contributed by atoms with E-state index in [0.717, 1.165) is 16.8 Å². The largest absolute Gasteiger partial charge is 0.335 e. The van der Waals surface area contributed by atoms with Gasteiger partial charge < -0.3 is 10.2 Å². The highest BCUT2D eigenvalue weighted by Crippen LogP contribution is 2.29. The Bertz CT molecular complexity index is 786. The highest BCUT2D eigenvalue weighted by Gasteiger charge is 2.37. The number of aryl methyl sites for hydroxylation is 2. The Hall–Kier alpha value is -2.62. The number of hydrogen-bond donors (Lipinski definition) is 1. The van der Waals surface area contributed by atoms with Crippen molar-refractivity contribution in [3.8, 4) is 0 Å². The topological polar surface area (TPSA) is 49.4 Å². The van der Waals surface area contributed by atoms with Gasteiger partial charge in [-0.2, -0.15) is 0 Å². The molecule has 0 aliphatic carbocycles. The van der Waals surface area contributed by atoms with Gasteiger partial charge in [-0.25, -0.2) is 0 Å². The number of benzene rings is 2. The summed E-state index contributed by atoms with van der Waals surface area (Å²) < 4.78 is 0. The fourth-order valence-electron chi connectivity index (χ4n) is 3.26. The predicted octanol–water partition coefficient (Wildman–Crippen LogP) is 3.85. The second-order valence-corrected chi connectivity index (χ2v) is 6.82. The number of nitrogens with zero attached hydrogens (tertiary/aromatic N) is 1. The molecule has 4 heteroatoms. The first-order valence-corrected chi connectivity index (χ1v) is 8.68. The molecule has 1 saturated heterocycles. The van der Waals surface area contributed by atoms with Crippen LogP contribution in [-0.4, -0.2) is 23.3 Å². The molecule has 0 saturated carbocycles. The van der Waals surface area contributed by atoms with Crippen molar-refractivity contribution in [2.45, 2.75) is 33.2 Å². The molecule has 1 aliphatic heterocycles. The summed E-state index contributed by atoms with van der Waals surface area (Å²) in [6.45, 7) is 6.54. The van der Waals surface area contributed by atoms with Crippen molar-refractivity contribution in [2.24, 2.45) is 5.92 Å². The van der Waals surface area contributed by atoms with Gasteiger partial charge in [0, 0.05) is 18.7 Å². The smallest absolute Gasteiger partial charge is 0.229 e. The Morgan fingerprint density at radius 2 is 1.84 bits per heavy atom. The number of rotatable bonds is 4. The van der Waals surface area contributed by atoms with Crippen LogP contribution in [0.4, 0.5) is 5.69 Å². The molecular weight excluding hydrogens is 312 g/mol. The zero-order valence-electron chi connectivity index (χ0n) is 15.0. The maximum Gasteiger partial charge on any atom is 0.229 e. The molecule has 0 spiro atoms. The quantitative estimate of drug-likeness (QED) is 0.922. The van der Waals surface area contributed by atoms with Gasteiger partial charge in [-0.1, -0.05) is 36.4 Å². The Labute approximate surface area is 148 Å². The van der Waals surface area contributed by atoms with Gasteiger partial charge in [-0.15, -0.1) is 0 Å². The van der Waals surface area contributed by atoms with E-state index in [1.807, 2.05) is 69.3 Å². The van der Waals surface area contributed by atoms with Crippen molar-refractivity contribution in [2.75, 3.05) is 11.9 Å². The van der Waals surface area contributed by atoms with Gasteiger partial charge in [-0.05, 0) is 49.6 Å². The fourth-order valence-corrected chi connectivity index (χ4v) is 3.26. The average molecular weight is 336 g/mol. The highest BCUT2D eigenvalue weighted by molar-refractivity contribution is 5.97. The first kappa shape index (κ1) is 17.2. The van der Waals surface area contributed by atoms with Crippen LogP contribution in [0, 0.1) is 19.8 Å². The van der Waals surface area contributed by atoms with Crippen LogP contribution in [0.2, 0.25) is 0 Å². The van der Waals surface area contributed by atoms with Crippen molar-refractivity contribution in [1.82, 2.24) is 4.90 Å². The van der Waals surface area contributed by atoms with Gasteiger partial charge in [0.05, 0.1) is 12.0 Å². The van der Waals surface area contributed by atoms with E-state index in [0.29, 0.717) is 6.54 Å². The molecule has 2 atom stereocenters. The number of likely N-dealkylation sites (tertiary alicyclic amines) is 1. The minimum absolute atomic E-state index is 0.0203. The van der Waals surface area contributed by atoms with Crippen LogP contribution in [0.3, 0.4) is 0 Å². The van der Waals surface area contributed by atoms with Crippen molar-refractivity contribution in [1.29, 1.82) is 0 Å². The minimum atomic E-state index is -0.305. The predicted molar refractivity (Wildman–Crippen MR) is 99.2 cm³/mol. The van der Waals surface area contributed by atoms with E-state index < -0.39 is 0 Å². The van der Waals surface area contributed by atoms with E-state index in [-0.39, 0.29) is 30.2 Å². The molecule has 1 N–H and O–H groups in total. The second kappa shape index (κ2) is 7.09. The highest BCUT2D eigenvalue weighted by atomic mass is 16.2. The zero-order valence-corrected chi connectivity index (χ0v) is 15.0. The van der Waals surface area contributed by atoms with Crippen LogP contribution in [-0.2, 0) is 9.59 Å². The second-order valence-electron chi connectivity index (χ2n) is 6.82. The van der Waals surface area contributed by atoms with E-state index in [4.69, 9.17) is 0 Å². The Morgan fingerprint density at radius 1 is 1.12 bits per heavy atom. The lowest BCUT2D eigenvalue weighted by molar-refractivity contribution is -0.129. The molecule has 0 unspecified atom stereocenters. The molecule has 0 radical (unpaired) electrons. The molecule has 25 heavy (non-hydrogen) atoms. The number of hydrogen-bond acceptors (Lipinski definition) is 2. The van der Waals surface area contributed by atoms with E-state index in [1.54, 1.807) is 4.90 Å². The Morgan fingerprint density at radius 3 is 2.52 bits per heavy atom.